The molecule has 4 aliphatic carbocycles. The number of nitrogens with one attached hydrogen (secondary N) is 1. The molecular weight excluding hydrogens is 289 g/mol. The molecule has 1 aromatic rings. The van der Waals surface area contributed by atoms with Crippen molar-refractivity contribution in [3.63, 3.8) is 0 Å². The van der Waals surface area contributed by atoms with E-state index in [-0.39, 0.29) is 24.2 Å². The lowest BCUT2D eigenvalue weighted by Crippen LogP contribution is -2.56. The molecular formula is C20H26FNO. The summed E-state index contributed by atoms with van der Waals surface area (Å²) >= 11 is 0. The molecule has 4 bridgehead atoms. The van der Waals surface area contributed by atoms with Crippen LogP contribution in [0.5, 0.6) is 0 Å². The van der Waals surface area contributed by atoms with Gasteiger partial charge in [0.25, 0.3) is 0 Å². The molecule has 1 amide bonds. The first-order chi connectivity index (χ1) is 11.0. The molecule has 0 saturated heterocycles. The van der Waals surface area contributed by atoms with Crippen LogP contribution in [0.1, 0.15) is 51.0 Å². The third-order valence-electron chi connectivity index (χ3n) is 6.64. The molecule has 124 valence electrons. The maximum Gasteiger partial charge on any atom is 0.224 e. The van der Waals surface area contributed by atoms with Crippen molar-refractivity contribution in [3.05, 3.63) is 35.6 Å². The number of halogens is 1. The van der Waals surface area contributed by atoms with Crippen LogP contribution in [0.15, 0.2) is 24.3 Å². The van der Waals surface area contributed by atoms with E-state index in [1.807, 2.05) is 6.07 Å². The van der Waals surface area contributed by atoms with E-state index in [1.165, 1.54) is 50.7 Å². The molecule has 4 fully saturated rings. The minimum atomic E-state index is -0.274. The zero-order valence-electron chi connectivity index (χ0n) is 13.9. The first-order valence-corrected chi connectivity index (χ1v) is 9.06. The lowest BCUT2D eigenvalue weighted by Gasteiger charge is -2.59. The summed E-state index contributed by atoms with van der Waals surface area (Å²) in [6, 6.07) is 6.59. The monoisotopic (exact) mass is 315 g/mol. The largest absolute Gasteiger partial charge is 0.353 e. The van der Waals surface area contributed by atoms with Crippen LogP contribution in [-0.4, -0.2) is 11.9 Å². The van der Waals surface area contributed by atoms with E-state index in [2.05, 4.69) is 12.2 Å². The standard InChI is InChI=1S/C20H26FNO/c1-13(22-19(23)9-14-3-2-4-18(21)8-14)20-10-15-5-16(11-20)7-17(6-15)12-20/h2-4,8,13,15-17H,5-7,9-12H2,1H3,(H,22,23). The summed E-state index contributed by atoms with van der Waals surface area (Å²) in [4.78, 5) is 12.4. The zero-order valence-corrected chi connectivity index (χ0v) is 13.9. The zero-order chi connectivity index (χ0) is 16.0. The van der Waals surface area contributed by atoms with Gasteiger partial charge in [-0.3, -0.25) is 4.79 Å². The highest BCUT2D eigenvalue weighted by molar-refractivity contribution is 5.78. The Hall–Kier alpha value is -1.38. The second-order valence-electron chi connectivity index (χ2n) is 8.38. The van der Waals surface area contributed by atoms with Gasteiger partial charge in [-0.15, -0.1) is 0 Å². The van der Waals surface area contributed by atoms with Crippen LogP contribution in [0.4, 0.5) is 4.39 Å². The maximum absolute atomic E-state index is 13.3. The van der Waals surface area contributed by atoms with Gasteiger partial charge in [0.15, 0.2) is 0 Å². The van der Waals surface area contributed by atoms with E-state index in [1.54, 1.807) is 6.07 Å². The first kappa shape index (κ1) is 15.2. The normalized spacial score (nSPS) is 36.0. The van der Waals surface area contributed by atoms with Crippen molar-refractivity contribution in [3.8, 4) is 0 Å². The topological polar surface area (TPSA) is 29.1 Å². The summed E-state index contributed by atoms with van der Waals surface area (Å²) < 4.78 is 13.3. The van der Waals surface area contributed by atoms with Crippen molar-refractivity contribution in [1.29, 1.82) is 0 Å². The van der Waals surface area contributed by atoms with E-state index in [0.29, 0.717) is 5.41 Å². The molecule has 5 rings (SSSR count). The van der Waals surface area contributed by atoms with E-state index < -0.39 is 0 Å². The van der Waals surface area contributed by atoms with Crippen molar-refractivity contribution < 1.29 is 9.18 Å². The highest BCUT2D eigenvalue weighted by atomic mass is 19.1. The second-order valence-corrected chi connectivity index (χ2v) is 8.38. The Morgan fingerprint density at radius 1 is 1.22 bits per heavy atom. The van der Waals surface area contributed by atoms with E-state index >= 15 is 0 Å². The minimum Gasteiger partial charge on any atom is -0.353 e. The van der Waals surface area contributed by atoms with E-state index in [0.717, 1.165) is 23.3 Å². The van der Waals surface area contributed by atoms with Gasteiger partial charge < -0.3 is 5.32 Å². The average Bonchev–Trinajstić information content (AvgIpc) is 2.45. The van der Waals surface area contributed by atoms with Gasteiger partial charge >= 0.3 is 0 Å². The predicted octanol–water partition coefficient (Wildman–Crippen LogP) is 4.09. The second kappa shape index (κ2) is 5.61. The molecule has 2 nitrogen and oxygen atoms in total. The molecule has 0 radical (unpaired) electrons. The molecule has 1 unspecified atom stereocenters. The summed E-state index contributed by atoms with van der Waals surface area (Å²) in [6.45, 7) is 2.19. The van der Waals surface area contributed by atoms with Gasteiger partial charge in [0.2, 0.25) is 5.91 Å². The molecule has 4 saturated carbocycles. The Bertz CT molecular complexity index is 576. The van der Waals surface area contributed by atoms with Crippen molar-refractivity contribution in [2.75, 3.05) is 0 Å². The van der Waals surface area contributed by atoms with Crippen LogP contribution in [0, 0.1) is 29.0 Å². The van der Waals surface area contributed by atoms with Crippen LogP contribution in [0.2, 0.25) is 0 Å². The number of hydrogen-bond donors (Lipinski definition) is 1. The average molecular weight is 315 g/mol. The number of rotatable bonds is 4. The van der Waals surface area contributed by atoms with Crippen LogP contribution in [-0.2, 0) is 11.2 Å². The fourth-order valence-electron chi connectivity index (χ4n) is 5.99. The van der Waals surface area contributed by atoms with Gasteiger partial charge in [-0.05, 0) is 86.3 Å². The molecule has 23 heavy (non-hydrogen) atoms. The van der Waals surface area contributed by atoms with Gasteiger partial charge in [-0.1, -0.05) is 12.1 Å². The quantitative estimate of drug-likeness (QED) is 0.891. The van der Waals surface area contributed by atoms with Crippen LogP contribution >= 0.6 is 0 Å². The van der Waals surface area contributed by atoms with Gasteiger partial charge in [0.1, 0.15) is 5.82 Å². The molecule has 0 aliphatic heterocycles. The molecule has 1 aromatic carbocycles. The SMILES string of the molecule is CC(NC(=O)Cc1cccc(F)c1)C12CC3CC(CC(C3)C1)C2. The van der Waals surface area contributed by atoms with Crippen molar-refractivity contribution >= 4 is 5.91 Å². The van der Waals surface area contributed by atoms with E-state index in [4.69, 9.17) is 0 Å². The minimum absolute atomic E-state index is 0.0267. The number of carbonyl (C=O) groups is 1. The summed E-state index contributed by atoms with van der Waals surface area (Å²) in [7, 11) is 0. The molecule has 1 N–H and O–H groups in total. The highest BCUT2D eigenvalue weighted by Gasteiger charge is 2.53. The molecule has 4 aliphatic rings. The summed E-state index contributed by atoms with van der Waals surface area (Å²) in [5.41, 5.74) is 1.08. The fourth-order valence-corrected chi connectivity index (χ4v) is 5.99. The smallest absolute Gasteiger partial charge is 0.224 e. The molecule has 3 heteroatoms. The van der Waals surface area contributed by atoms with Gasteiger partial charge in [0, 0.05) is 6.04 Å². The van der Waals surface area contributed by atoms with Crippen molar-refractivity contribution in [2.24, 2.45) is 23.2 Å². The Labute approximate surface area is 137 Å². The summed E-state index contributed by atoms with van der Waals surface area (Å²) in [6.07, 6.45) is 8.41. The lowest BCUT2D eigenvalue weighted by atomic mass is 9.48. The Morgan fingerprint density at radius 2 is 1.83 bits per heavy atom. The molecule has 1 atom stereocenters. The van der Waals surface area contributed by atoms with Gasteiger partial charge in [-0.25, -0.2) is 4.39 Å². The van der Waals surface area contributed by atoms with Crippen LogP contribution in [0.3, 0.4) is 0 Å². The number of amides is 1. The number of benzene rings is 1. The summed E-state index contributed by atoms with van der Waals surface area (Å²) in [5, 5.41) is 3.24. The van der Waals surface area contributed by atoms with Crippen LogP contribution in [0.25, 0.3) is 0 Å². The Kier molecular flexibility index (Phi) is 3.70. The number of hydrogen-bond acceptors (Lipinski definition) is 1. The Morgan fingerprint density at radius 3 is 2.39 bits per heavy atom. The highest BCUT2D eigenvalue weighted by Crippen LogP contribution is 2.61. The van der Waals surface area contributed by atoms with Crippen molar-refractivity contribution in [1.82, 2.24) is 5.32 Å². The van der Waals surface area contributed by atoms with Crippen molar-refractivity contribution in [2.45, 2.75) is 57.9 Å². The fraction of sp³-hybridized carbons (Fsp3) is 0.650. The molecule has 0 aromatic heterocycles. The third kappa shape index (κ3) is 2.90. The third-order valence-corrected chi connectivity index (χ3v) is 6.64. The summed E-state index contributed by atoms with van der Waals surface area (Å²) in [5.74, 6) is 2.43. The maximum atomic E-state index is 13.3. The Balaban J connectivity index is 1.41. The lowest BCUT2D eigenvalue weighted by molar-refractivity contribution is -0.125. The van der Waals surface area contributed by atoms with Gasteiger partial charge in [0.05, 0.1) is 6.42 Å². The van der Waals surface area contributed by atoms with Gasteiger partial charge in [-0.2, -0.15) is 0 Å². The first-order valence-electron chi connectivity index (χ1n) is 9.06. The molecule has 0 heterocycles. The van der Waals surface area contributed by atoms with Crippen LogP contribution < -0.4 is 5.32 Å². The van der Waals surface area contributed by atoms with E-state index in [9.17, 15) is 9.18 Å². The molecule has 0 spiro atoms. The number of carbonyl (C=O) groups excluding carboxylic acids is 1. The predicted molar refractivity (Wildman–Crippen MR) is 88.3 cm³/mol.